The lowest BCUT2D eigenvalue weighted by Crippen LogP contribution is -2.31. The number of H-pyrrole nitrogens is 1. The Labute approximate surface area is 104 Å². The molecule has 0 aliphatic carbocycles. The molecule has 3 rings (SSSR count). The number of piperidine rings is 1. The average molecular weight is 249 g/mol. The van der Waals surface area contributed by atoms with Gasteiger partial charge in [0.15, 0.2) is 10.3 Å². The van der Waals surface area contributed by atoms with Crippen LogP contribution in [0.25, 0.3) is 11.2 Å². The molecule has 0 spiro atoms. The molecule has 90 valence electrons. The van der Waals surface area contributed by atoms with Gasteiger partial charge in [-0.1, -0.05) is 18.6 Å². The van der Waals surface area contributed by atoms with E-state index in [0.29, 0.717) is 4.64 Å². The minimum absolute atomic E-state index is 0.619. The van der Waals surface area contributed by atoms with E-state index in [9.17, 15) is 0 Å². The SMILES string of the molecule is S=c1nc[nH]c2ncn(CN3CCCCC3)c12. The van der Waals surface area contributed by atoms with E-state index < -0.39 is 0 Å². The predicted molar refractivity (Wildman–Crippen MR) is 68.1 cm³/mol. The average Bonchev–Trinajstić information content (AvgIpc) is 2.75. The van der Waals surface area contributed by atoms with Gasteiger partial charge in [0.05, 0.1) is 19.3 Å². The summed E-state index contributed by atoms with van der Waals surface area (Å²) in [4.78, 5) is 13.9. The van der Waals surface area contributed by atoms with E-state index in [1.54, 1.807) is 6.33 Å². The third-order valence-corrected chi connectivity index (χ3v) is 3.52. The molecule has 5 nitrogen and oxygen atoms in total. The van der Waals surface area contributed by atoms with Crippen molar-refractivity contribution in [2.24, 2.45) is 0 Å². The molecule has 0 saturated carbocycles. The lowest BCUT2D eigenvalue weighted by atomic mass is 10.1. The highest BCUT2D eigenvalue weighted by Crippen LogP contribution is 2.14. The van der Waals surface area contributed by atoms with E-state index in [2.05, 4.69) is 24.4 Å². The molecule has 0 radical (unpaired) electrons. The molecule has 0 unspecified atom stereocenters. The fourth-order valence-electron chi connectivity index (χ4n) is 2.35. The summed E-state index contributed by atoms with van der Waals surface area (Å²) >= 11 is 5.25. The molecule has 0 atom stereocenters. The van der Waals surface area contributed by atoms with Crippen LogP contribution < -0.4 is 0 Å². The smallest absolute Gasteiger partial charge is 0.160 e. The number of nitrogens with zero attached hydrogens (tertiary/aromatic N) is 4. The Morgan fingerprint density at radius 2 is 2.06 bits per heavy atom. The zero-order valence-electron chi connectivity index (χ0n) is 9.59. The van der Waals surface area contributed by atoms with Crippen LogP contribution in [0, 0.1) is 4.64 Å². The third kappa shape index (κ3) is 2.10. The van der Waals surface area contributed by atoms with Crippen LogP contribution in [0.3, 0.4) is 0 Å². The summed E-state index contributed by atoms with van der Waals surface area (Å²) in [6.45, 7) is 3.19. The highest BCUT2D eigenvalue weighted by atomic mass is 32.1. The summed E-state index contributed by atoms with van der Waals surface area (Å²) in [6.07, 6.45) is 7.37. The van der Waals surface area contributed by atoms with Gasteiger partial charge in [-0.05, 0) is 25.9 Å². The van der Waals surface area contributed by atoms with Gasteiger partial charge in [-0.3, -0.25) is 4.90 Å². The maximum absolute atomic E-state index is 5.25. The summed E-state index contributed by atoms with van der Waals surface area (Å²) < 4.78 is 2.71. The van der Waals surface area contributed by atoms with Crippen molar-refractivity contribution in [1.29, 1.82) is 0 Å². The van der Waals surface area contributed by atoms with Crippen molar-refractivity contribution in [3.05, 3.63) is 17.3 Å². The van der Waals surface area contributed by atoms with E-state index in [1.165, 1.54) is 19.3 Å². The monoisotopic (exact) mass is 249 g/mol. The fourth-order valence-corrected chi connectivity index (χ4v) is 2.62. The number of aromatic amines is 1. The van der Waals surface area contributed by atoms with Crippen molar-refractivity contribution < 1.29 is 0 Å². The van der Waals surface area contributed by atoms with Gasteiger partial charge >= 0.3 is 0 Å². The summed E-state index contributed by atoms with van der Waals surface area (Å²) in [7, 11) is 0. The highest BCUT2D eigenvalue weighted by molar-refractivity contribution is 7.71. The fraction of sp³-hybridized carbons (Fsp3) is 0.545. The first-order chi connectivity index (χ1) is 8.34. The summed E-state index contributed by atoms with van der Waals surface area (Å²) in [6, 6.07) is 0. The molecule has 1 aliphatic heterocycles. The molecule has 0 bridgehead atoms. The second-order valence-electron chi connectivity index (χ2n) is 4.44. The quantitative estimate of drug-likeness (QED) is 0.826. The first-order valence-electron chi connectivity index (χ1n) is 5.95. The van der Waals surface area contributed by atoms with Crippen LogP contribution in [0.2, 0.25) is 0 Å². The van der Waals surface area contributed by atoms with E-state index in [-0.39, 0.29) is 0 Å². The second-order valence-corrected chi connectivity index (χ2v) is 4.83. The Balaban J connectivity index is 1.92. The summed E-state index contributed by atoms with van der Waals surface area (Å²) in [5.74, 6) is 0. The van der Waals surface area contributed by atoms with Crippen molar-refractivity contribution in [2.75, 3.05) is 13.1 Å². The topological polar surface area (TPSA) is 49.7 Å². The van der Waals surface area contributed by atoms with Crippen LogP contribution in [0.4, 0.5) is 0 Å². The van der Waals surface area contributed by atoms with Crippen molar-refractivity contribution >= 4 is 23.4 Å². The van der Waals surface area contributed by atoms with Gasteiger partial charge in [-0.2, -0.15) is 0 Å². The Hall–Kier alpha value is -1.27. The van der Waals surface area contributed by atoms with Crippen LogP contribution >= 0.6 is 12.2 Å². The molecule has 2 aromatic heterocycles. The number of hydrogen-bond donors (Lipinski definition) is 1. The Bertz CT molecular complexity index is 566. The number of nitrogens with one attached hydrogen (secondary N) is 1. The Kier molecular flexibility index (Phi) is 2.90. The normalized spacial score (nSPS) is 17.6. The van der Waals surface area contributed by atoms with Crippen LogP contribution in [0.5, 0.6) is 0 Å². The van der Waals surface area contributed by atoms with E-state index in [0.717, 1.165) is 30.9 Å². The summed E-state index contributed by atoms with van der Waals surface area (Å²) in [5.41, 5.74) is 1.76. The van der Waals surface area contributed by atoms with E-state index >= 15 is 0 Å². The highest BCUT2D eigenvalue weighted by Gasteiger charge is 2.12. The van der Waals surface area contributed by atoms with Crippen LogP contribution in [-0.4, -0.2) is 37.5 Å². The van der Waals surface area contributed by atoms with Gasteiger partial charge in [0.1, 0.15) is 5.52 Å². The van der Waals surface area contributed by atoms with Crippen molar-refractivity contribution in [1.82, 2.24) is 24.4 Å². The zero-order chi connectivity index (χ0) is 11.7. The third-order valence-electron chi connectivity index (χ3n) is 3.22. The summed E-state index contributed by atoms with van der Waals surface area (Å²) in [5, 5.41) is 0. The molecular formula is C11H15N5S. The van der Waals surface area contributed by atoms with Crippen molar-refractivity contribution in [3.63, 3.8) is 0 Å². The first kappa shape index (κ1) is 10.9. The van der Waals surface area contributed by atoms with Gasteiger partial charge in [0.25, 0.3) is 0 Å². The van der Waals surface area contributed by atoms with Gasteiger partial charge in [-0.25, -0.2) is 9.97 Å². The minimum Gasteiger partial charge on any atom is -0.329 e. The second kappa shape index (κ2) is 4.54. The minimum atomic E-state index is 0.619. The molecule has 0 aromatic carbocycles. The van der Waals surface area contributed by atoms with Gasteiger partial charge in [0.2, 0.25) is 0 Å². The van der Waals surface area contributed by atoms with E-state index in [4.69, 9.17) is 12.2 Å². The first-order valence-corrected chi connectivity index (χ1v) is 6.36. The number of rotatable bonds is 2. The van der Waals surface area contributed by atoms with Gasteiger partial charge in [-0.15, -0.1) is 0 Å². The molecule has 1 N–H and O–H groups in total. The maximum atomic E-state index is 5.25. The van der Waals surface area contributed by atoms with Crippen molar-refractivity contribution in [3.8, 4) is 0 Å². The van der Waals surface area contributed by atoms with Crippen LogP contribution in [-0.2, 0) is 6.67 Å². The number of hydrogen-bond acceptors (Lipinski definition) is 4. The molecule has 2 aromatic rings. The molecule has 1 saturated heterocycles. The van der Waals surface area contributed by atoms with Crippen LogP contribution in [0.15, 0.2) is 12.7 Å². The predicted octanol–water partition coefficient (Wildman–Crippen LogP) is 1.93. The van der Waals surface area contributed by atoms with Crippen LogP contribution in [0.1, 0.15) is 19.3 Å². The number of aromatic nitrogens is 4. The van der Waals surface area contributed by atoms with E-state index in [1.807, 2.05) is 6.33 Å². The molecule has 0 amide bonds. The maximum Gasteiger partial charge on any atom is 0.160 e. The van der Waals surface area contributed by atoms with Gasteiger partial charge in [0, 0.05) is 0 Å². The molecular weight excluding hydrogens is 234 g/mol. The Morgan fingerprint density at radius 3 is 2.88 bits per heavy atom. The molecule has 3 heterocycles. The number of imidazole rings is 1. The van der Waals surface area contributed by atoms with Crippen molar-refractivity contribution in [2.45, 2.75) is 25.9 Å². The number of fused-ring (bicyclic) bond motifs is 1. The lowest BCUT2D eigenvalue weighted by molar-refractivity contribution is 0.184. The molecule has 17 heavy (non-hydrogen) atoms. The molecule has 1 aliphatic rings. The molecule has 1 fully saturated rings. The molecule has 6 heteroatoms. The lowest BCUT2D eigenvalue weighted by Gasteiger charge is -2.26. The largest absolute Gasteiger partial charge is 0.329 e. The zero-order valence-corrected chi connectivity index (χ0v) is 10.4. The Morgan fingerprint density at radius 1 is 1.24 bits per heavy atom. The van der Waals surface area contributed by atoms with Gasteiger partial charge < -0.3 is 9.55 Å². The number of likely N-dealkylation sites (tertiary alicyclic amines) is 1. The standard InChI is InChI=1S/C11H15N5S/c17-11-9-10(12-6-13-11)14-7-16(9)8-15-4-2-1-3-5-15/h6-7H,1-5,8H2,(H,12,13,17).